The zero-order valence-corrected chi connectivity index (χ0v) is 17.2. The van der Waals surface area contributed by atoms with Crippen LogP contribution in [0.3, 0.4) is 0 Å². The molecule has 1 aromatic carbocycles. The van der Waals surface area contributed by atoms with Gasteiger partial charge in [0.25, 0.3) is 0 Å². The summed E-state index contributed by atoms with van der Waals surface area (Å²) in [5.41, 5.74) is 1.24. The maximum atomic E-state index is 12.5. The molecular formula is C19H28ClN3O3S. The van der Waals surface area contributed by atoms with Gasteiger partial charge >= 0.3 is 0 Å². The van der Waals surface area contributed by atoms with E-state index in [-0.39, 0.29) is 29.3 Å². The Morgan fingerprint density at radius 1 is 1.15 bits per heavy atom. The van der Waals surface area contributed by atoms with Crippen molar-refractivity contribution in [2.45, 2.75) is 74.9 Å². The maximum absolute atomic E-state index is 12.5. The first-order chi connectivity index (χ1) is 12.4. The van der Waals surface area contributed by atoms with Crippen molar-refractivity contribution in [3.63, 3.8) is 0 Å². The lowest BCUT2D eigenvalue weighted by Gasteiger charge is -2.28. The van der Waals surface area contributed by atoms with Crippen LogP contribution in [-0.4, -0.2) is 32.5 Å². The average molecular weight is 414 g/mol. The molecule has 1 aromatic rings. The number of sulfonamides is 1. The number of amides is 1. The Kier molecular flexibility index (Phi) is 6.15. The van der Waals surface area contributed by atoms with Crippen molar-refractivity contribution in [2.75, 3.05) is 5.32 Å². The molecule has 8 heteroatoms. The third kappa shape index (κ3) is 5.02. The number of benzene rings is 1. The number of hydrogen-bond donors (Lipinski definition) is 3. The Balaban J connectivity index is 0.00000210. The van der Waals surface area contributed by atoms with Crippen molar-refractivity contribution < 1.29 is 13.2 Å². The summed E-state index contributed by atoms with van der Waals surface area (Å²) >= 11 is 0. The lowest BCUT2D eigenvalue weighted by atomic mass is 9.89. The van der Waals surface area contributed by atoms with Gasteiger partial charge in [-0.15, -0.1) is 12.4 Å². The second-order valence-corrected chi connectivity index (χ2v) is 9.79. The lowest BCUT2D eigenvalue weighted by Crippen LogP contribution is -2.39. The number of carbonyl (C=O) groups is 1. The molecule has 3 fully saturated rings. The molecule has 2 bridgehead atoms. The topological polar surface area (TPSA) is 87.3 Å². The highest BCUT2D eigenvalue weighted by Crippen LogP contribution is 2.33. The summed E-state index contributed by atoms with van der Waals surface area (Å²) in [4.78, 5) is 12.7. The Labute approximate surface area is 167 Å². The van der Waals surface area contributed by atoms with E-state index in [1.54, 1.807) is 25.1 Å². The Morgan fingerprint density at radius 3 is 2.44 bits per heavy atom. The molecule has 1 saturated carbocycles. The number of fused-ring (bicyclic) bond motifs is 2. The molecule has 4 rings (SSSR count). The zero-order chi connectivity index (χ0) is 18.3. The van der Waals surface area contributed by atoms with Gasteiger partial charge < -0.3 is 10.6 Å². The number of halogens is 1. The van der Waals surface area contributed by atoms with E-state index in [1.165, 1.54) is 12.8 Å². The van der Waals surface area contributed by atoms with Crippen LogP contribution in [0.15, 0.2) is 23.1 Å². The summed E-state index contributed by atoms with van der Waals surface area (Å²) in [6, 6.07) is 6.29. The van der Waals surface area contributed by atoms with Crippen LogP contribution in [-0.2, 0) is 14.8 Å². The molecule has 2 unspecified atom stereocenters. The molecule has 2 aliphatic heterocycles. The number of nitrogens with one attached hydrogen (secondary N) is 3. The molecule has 1 amide bonds. The fourth-order valence-corrected chi connectivity index (χ4v) is 5.84. The summed E-state index contributed by atoms with van der Waals surface area (Å²) in [5, 5.41) is 6.49. The third-order valence-corrected chi connectivity index (χ3v) is 7.37. The first-order valence-electron chi connectivity index (χ1n) is 9.58. The highest BCUT2D eigenvalue weighted by molar-refractivity contribution is 7.89. The van der Waals surface area contributed by atoms with Crippen LogP contribution in [0.25, 0.3) is 0 Å². The van der Waals surface area contributed by atoms with E-state index < -0.39 is 10.0 Å². The predicted molar refractivity (Wildman–Crippen MR) is 108 cm³/mol. The van der Waals surface area contributed by atoms with Gasteiger partial charge in [-0.05, 0) is 69.1 Å². The van der Waals surface area contributed by atoms with Crippen molar-refractivity contribution in [3.05, 3.63) is 23.8 Å². The molecule has 2 heterocycles. The van der Waals surface area contributed by atoms with Gasteiger partial charge in [-0.2, -0.15) is 0 Å². The van der Waals surface area contributed by atoms with Crippen LogP contribution >= 0.6 is 12.4 Å². The summed E-state index contributed by atoms with van der Waals surface area (Å²) in [5.74, 6) is 0.387. The van der Waals surface area contributed by atoms with Crippen molar-refractivity contribution in [1.29, 1.82) is 0 Å². The minimum Gasteiger partial charge on any atom is -0.326 e. The van der Waals surface area contributed by atoms with E-state index in [4.69, 9.17) is 0 Å². The van der Waals surface area contributed by atoms with Gasteiger partial charge in [0.2, 0.25) is 15.9 Å². The van der Waals surface area contributed by atoms with Crippen LogP contribution in [0.1, 0.15) is 50.5 Å². The molecular weight excluding hydrogens is 386 g/mol. The molecule has 0 radical (unpaired) electrons. The number of hydrogen-bond acceptors (Lipinski definition) is 4. The minimum absolute atomic E-state index is 0. The van der Waals surface area contributed by atoms with E-state index in [9.17, 15) is 13.2 Å². The highest BCUT2D eigenvalue weighted by Gasteiger charge is 2.34. The largest absolute Gasteiger partial charge is 0.326 e. The summed E-state index contributed by atoms with van der Waals surface area (Å²) in [7, 11) is -3.53. The van der Waals surface area contributed by atoms with Gasteiger partial charge in [-0.1, -0.05) is 6.07 Å². The number of aryl methyl sites for hydroxylation is 1. The van der Waals surface area contributed by atoms with Crippen molar-refractivity contribution in [2.24, 2.45) is 5.92 Å². The van der Waals surface area contributed by atoms with Crippen molar-refractivity contribution >= 4 is 34.0 Å². The zero-order valence-electron chi connectivity index (χ0n) is 15.5. The van der Waals surface area contributed by atoms with E-state index in [0.717, 1.165) is 25.7 Å². The fraction of sp³-hybridized carbons (Fsp3) is 0.632. The summed E-state index contributed by atoms with van der Waals surface area (Å²) < 4.78 is 27.7. The summed E-state index contributed by atoms with van der Waals surface area (Å²) in [6.07, 6.45) is 6.85. The molecule has 2 atom stereocenters. The third-order valence-electron chi connectivity index (χ3n) is 5.71. The molecule has 6 nitrogen and oxygen atoms in total. The molecule has 0 spiro atoms. The van der Waals surface area contributed by atoms with E-state index in [1.807, 2.05) is 0 Å². The van der Waals surface area contributed by atoms with Crippen LogP contribution in [0.4, 0.5) is 5.69 Å². The number of carbonyl (C=O) groups excluding carboxylic acids is 1. The normalized spacial score (nSPS) is 27.1. The quantitative estimate of drug-likeness (QED) is 0.669. The SMILES string of the molecule is Cc1ccc(NC(=O)CC2CC3CCC(C2)N3)cc1S(=O)(=O)NC1CC1.Cl. The van der Waals surface area contributed by atoms with Gasteiger partial charge in [-0.25, -0.2) is 13.1 Å². The van der Waals surface area contributed by atoms with Crippen molar-refractivity contribution in [1.82, 2.24) is 10.0 Å². The average Bonchev–Trinajstić information content (AvgIpc) is 3.31. The molecule has 27 heavy (non-hydrogen) atoms. The fourth-order valence-electron chi connectivity index (χ4n) is 4.27. The van der Waals surface area contributed by atoms with E-state index in [2.05, 4.69) is 15.4 Å². The standard InChI is InChI=1S/C19H27N3O3S.ClH/c1-12-2-3-17(11-18(12)26(24,25)22-14-4-5-14)21-19(23)10-13-8-15-6-7-16(9-13)20-15;/h2-3,11,13-16,20,22H,4-10H2,1H3,(H,21,23);1H. The smallest absolute Gasteiger partial charge is 0.241 e. The molecule has 1 aliphatic carbocycles. The monoisotopic (exact) mass is 413 g/mol. The Hall–Kier alpha value is -1.15. The highest BCUT2D eigenvalue weighted by atomic mass is 35.5. The lowest BCUT2D eigenvalue weighted by molar-refractivity contribution is -0.117. The molecule has 150 valence electrons. The first kappa shape index (κ1) is 20.6. The van der Waals surface area contributed by atoms with Crippen LogP contribution in [0, 0.1) is 12.8 Å². The number of rotatable bonds is 6. The van der Waals surface area contributed by atoms with Gasteiger partial charge in [0, 0.05) is 30.2 Å². The Bertz CT molecular complexity index is 798. The first-order valence-corrected chi connectivity index (χ1v) is 11.1. The summed E-state index contributed by atoms with van der Waals surface area (Å²) in [6.45, 7) is 1.78. The van der Waals surface area contributed by atoms with Crippen LogP contribution < -0.4 is 15.4 Å². The van der Waals surface area contributed by atoms with Gasteiger partial charge in [0.1, 0.15) is 0 Å². The molecule has 3 N–H and O–H groups in total. The van der Waals surface area contributed by atoms with Crippen molar-refractivity contribution in [3.8, 4) is 0 Å². The predicted octanol–water partition coefficient (Wildman–Crippen LogP) is 2.72. The maximum Gasteiger partial charge on any atom is 0.241 e. The van der Waals surface area contributed by atoms with Gasteiger partial charge in [-0.3, -0.25) is 4.79 Å². The van der Waals surface area contributed by atoms with E-state index in [0.29, 0.717) is 35.7 Å². The number of piperidine rings is 1. The van der Waals surface area contributed by atoms with Crippen LogP contribution in [0.5, 0.6) is 0 Å². The molecule has 3 aliphatic rings. The molecule has 0 aromatic heterocycles. The Morgan fingerprint density at radius 2 is 1.81 bits per heavy atom. The minimum atomic E-state index is -3.53. The number of anilines is 1. The molecule has 2 saturated heterocycles. The van der Waals surface area contributed by atoms with Gasteiger partial charge in [0.05, 0.1) is 4.90 Å². The second-order valence-electron chi connectivity index (χ2n) is 8.10. The van der Waals surface area contributed by atoms with E-state index >= 15 is 0 Å². The second kappa shape index (κ2) is 8.07. The van der Waals surface area contributed by atoms with Crippen LogP contribution in [0.2, 0.25) is 0 Å². The van der Waals surface area contributed by atoms with Gasteiger partial charge in [0.15, 0.2) is 0 Å².